The Labute approximate surface area is 439 Å². The maximum absolute atomic E-state index is 13.1. The Bertz CT molecular complexity index is 2840. The van der Waals surface area contributed by atoms with Crippen molar-refractivity contribution in [3.8, 4) is 40.5 Å². The number of rotatable bonds is 21. The SMILES string of the molecule is CC(NC(=O)[C@@H](N)CC(N)=O)C(=O)O[C@H](COC(=O)[C@H](C)NC(=O)[C@@H](N)CC(N)=O)COc1ccc(-c2c(C#N)c(N)nc(SCc3coc(-c4ccc(Cl)cc4)n3)c2C#N)cc1.O=C(O)C(F)(F)F.O=C(O)C(F)(F)F. The second-order valence-corrected chi connectivity index (χ2v) is 16.6. The molecule has 0 saturated heterocycles. The van der Waals surface area contributed by atoms with Crippen molar-refractivity contribution in [1.29, 1.82) is 10.5 Å². The van der Waals surface area contributed by atoms with Crippen LogP contribution >= 0.6 is 23.4 Å². The van der Waals surface area contributed by atoms with Crippen LogP contribution in [0.1, 0.15) is 43.5 Å². The van der Waals surface area contributed by atoms with E-state index in [1.165, 1.54) is 32.2 Å². The molecule has 4 amide bonds. The number of carbonyl (C=O) groups is 8. The molecule has 0 fully saturated rings. The van der Waals surface area contributed by atoms with E-state index < -0.39 is 116 Å². The topological polar surface area (TPSA) is 445 Å². The Morgan fingerprint density at radius 3 is 1.68 bits per heavy atom. The molecule has 25 nitrogen and oxygen atoms in total. The lowest BCUT2D eigenvalue weighted by Gasteiger charge is -2.23. The van der Waals surface area contributed by atoms with Crippen molar-refractivity contribution < 1.29 is 93.5 Å². The van der Waals surface area contributed by atoms with E-state index in [0.29, 0.717) is 27.7 Å². The highest BCUT2D eigenvalue weighted by Gasteiger charge is 2.39. The number of hydrogen-bond acceptors (Lipinski definition) is 20. The number of nitriles is 2. The highest BCUT2D eigenvalue weighted by Crippen LogP contribution is 2.37. The van der Waals surface area contributed by atoms with Crippen LogP contribution in [0.5, 0.6) is 5.75 Å². The molecule has 0 bridgehead atoms. The molecule has 0 saturated carbocycles. The Kier molecular flexibility index (Phi) is 24.6. The summed E-state index contributed by atoms with van der Waals surface area (Å²) >= 11 is 7.15. The molecule has 0 spiro atoms. The Balaban J connectivity index is 0.00000127. The summed E-state index contributed by atoms with van der Waals surface area (Å²) < 4.78 is 85.7. The van der Waals surface area contributed by atoms with Gasteiger partial charge in [0.25, 0.3) is 0 Å². The molecule has 14 N–H and O–H groups in total. The lowest BCUT2D eigenvalue weighted by atomic mass is 9.97. The van der Waals surface area contributed by atoms with E-state index in [0.717, 1.165) is 11.8 Å². The number of nitrogen functional groups attached to an aromatic ring is 1. The maximum Gasteiger partial charge on any atom is 0.490 e. The summed E-state index contributed by atoms with van der Waals surface area (Å²) in [5, 5.41) is 40.0. The number of ether oxygens (including phenoxy) is 3. The van der Waals surface area contributed by atoms with Crippen LogP contribution in [-0.2, 0) is 53.6 Å². The smallest absolute Gasteiger partial charge is 0.490 e. The summed E-state index contributed by atoms with van der Waals surface area (Å²) in [5.74, 6) is -10.2. The van der Waals surface area contributed by atoms with Crippen LogP contribution in [0, 0.1) is 22.7 Å². The first-order chi connectivity index (χ1) is 35.8. The molecule has 5 atom stereocenters. The lowest BCUT2D eigenvalue weighted by molar-refractivity contribution is -0.193. The van der Waals surface area contributed by atoms with Crippen LogP contribution in [0.2, 0.25) is 5.02 Å². The number of benzene rings is 2. The number of pyridine rings is 1. The molecule has 2 aromatic heterocycles. The summed E-state index contributed by atoms with van der Waals surface area (Å²) in [6.45, 7) is 1.53. The molecule has 0 aliphatic heterocycles. The number of primary amides is 2. The predicted molar refractivity (Wildman–Crippen MR) is 253 cm³/mol. The minimum atomic E-state index is -5.08. The zero-order valence-electron chi connectivity index (χ0n) is 39.6. The van der Waals surface area contributed by atoms with Gasteiger partial charge in [-0.15, -0.1) is 0 Å². The van der Waals surface area contributed by atoms with Gasteiger partial charge in [-0.2, -0.15) is 36.9 Å². The van der Waals surface area contributed by atoms with Crippen LogP contribution in [0.4, 0.5) is 32.2 Å². The summed E-state index contributed by atoms with van der Waals surface area (Å²) in [4.78, 5) is 99.5. The first-order valence-electron chi connectivity index (χ1n) is 21.1. The van der Waals surface area contributed by atoms with Crippen LogP contribution in [-0.4, -0.2) is 124 Å². The number of carboxylic acid groups (broad SMARTS) is 2. The van der Waals surface area contributed by atoms with Gasteiger partial charge in [0.05, 0.1) is 36.2 Å². The van der Waals surface area contributed by atoms with Gasteiger partial charge in [0.1, 0.15) is 65.9 Å². The van der Waals surface area contributed by atoms with Crippen LogP contribution in [0.15, 0.2) is 64.2 Å². The Morgan fingerprint density at radius 1 is 0.753 bits per heavy atom. The van der Waals surface area contributed by atoms with Crippen LogP contribution in [0.25, 0.3) is 22.6 Å². The van der Waals surface area contributed by atoms with Gasteiger partial charge in [-0.05, 0) is 55.8 Å². The van der Waals surface area contributed by atoms with Crippen molar-refractivity contribution in [3.63, 3.8) is 0 Å². The number of carboxylic acids is 2. The quantitative estimate of drug-likeness (QED) is 0.0328. The first-order valence-corrected chi connectivity index (χ1v) is 22.5. The van der Waals surface area contributed by atoms with Crippen molar-refractivity contribution in [2.75, 3.05) is 18.9 Å². The van der Waals surface area contributed by atoms with Gasteiger partial charge in [0.15, 0.2) is 6.10 Å². The zero-order chi connectivity index (χ0) is 58.5. The number of aliphatic carboxylic acids is 2. The van der Waals surface area contributed by atoms with Gasteiger partial charge in [-0.1, -0.05) is 35.5 Å². The third-order valence-electron chi connectivity index (χ3n) is 9.11. The van der Waals surface area contributed by atoms with E-state index in [2.05, 4.69) is 26.7 Å². The van der Waals surface area contributed by atoms with Gasteiger partial charge in [0, 0.05) is 21.9 Å². The average Bonchev–Trinajstić information content (AvgIpc) is 3.82. The van der Waals surface area contributed by atoms with E-state index >= 15 is 0 Å². The fraction of sp³-hybridized carbons (Fsp3) is 0.318. The van der Waals surface area contributed by atoms with E-state index in [9.17, 15) is 65.6 Å². The third kappa shape index (κ3) is 21.6. The van der Waals surface area contributed by atoms with E-state index in [1.54, 1.807) is 36.4 Å². The minimum absolute atomic E-state index is 0.0399. The molecule has 414 valence electrons. The summed E-state index contributed by atoms with van der Waals surface area (Å²) in [7, 11) is 0. The number of oxazole rings is 1. The number of hydrogen-bond donors (Lipinski definition) is 9. The van der Waals surface area contributed by atoms with Crippen molar-refractivity contribution in [2.45, 2.75) is 80.1 Å². The monoisotopic (exact) mass is 1130 g/mol. The molecule has 4 rings (SSSR count). The molecule has 4 aromatic rings. The third-order valence-corrected chi connectivity index (χ3v) is 10.4. The van der Waals surface area contributed by atoms with E-state index in [1.807, 2.05) is 6.07 Å². The molecule has 1 unspecified atom stereocenters. The van der Waals surface area contributed by atoms with Gasteiger partial charge in [0.2, 0.25) is 29.5 Å². The molecular weight excluding hydrogens is 1090 g/mol. The second-order valence-electron chi connectivity index (χ2n) is 15.2. The van der Waals surface area contributed by atoms with Crippen molar-refractivity contribution >= 4 is 76.7 Å². The molecular formula is C44H44ClF6N11O14S. The summed E-state index contributed by atoms with van der Waals surface area (Å²) in [6.07, 6.45) is -11.0. The van der Waals surface area contributed by atoms with Crippen LogP contribution < -0.4 is 44.0 Å². The largest absolute Gasteiger partial charge is 0.490 e. The number of thioether (sulfide) groups is 1. The highest BCUT2D eigenvalue weighted by molar-refractivity contribution is 7.98. The first kappa shape index (κ1) is 64.4. The number of halogens is 7. The van der Waals surface area contributed by atoms with E-state index in [4.69, 9.17) is 78.7 Å². The number of nitrogens with two attached hydrogens (primary N) is 5. The Hall–Kier alpha value is -8.72. The minimum Gasteiger partial charge on any atom is -0.490 e. The zero-order valence-corrected chi connectivity index (χ0v) is 41.2. The van der Waals surface area contributed by atoms with Gasteiger partial charge < -0.3 is 68.1 Å². The normalized spacial score (nSPS) is 12.8. The number of anilines is 1. The number of esters is 2. The van der Waals surface area contributed by atoms with Crippen molar-refractivity contribution in [1.82, 2.24) is 20.6 Å². The van der Waals surface area contributed by atoms with Gasteiger partial charge >= 0.3 is 36.2 Å². The molecule has 0 aliphatic carbocycles. The average molecular weight is 1130 g/mol. The fourth-order valence-electron chi connectivity index (χ4n) is 5.40. The number of aromatic nitrogens is 2. The fourth-order valence-corrected chi connectivity index (χ4v) is 6.40. The van der Waals surface area contributed by atoms with Crippen molar-refractivity contribution in [3.05, 3.63) is 76.6 Å². The van der Waals surface area contributed by atoms with Crippen molar-refractivity contribution in [2.24, 2.45) is 22.9 Å². The summed E-state index contributed by atoms with van der Waals surface area (Å²) in [5.41, 5.74) is 29.6. The molecule has 2 aromatic carbocycles. The lowest BCUT2D eigenvalue weighted by Crippen LogP contribution is -2.50. The van der Waals surface area contributed by atoms with Gasteiger partial charge in [-0.3, -0.25) is 19.2 Å². The number of amides is 4. The molecule has 0 radical (unpaired) electrons. The molecule has 77 heavy (non-hydrogen) atoms. The number of alkyl halides is 6. The second kappa shape index (κ2) is 29.4. The highest BCUT2D eigenvalue weighted by atomic mass is 35.5. The maximum atomic E-state index is 13.1. The molecule has 0 aliphatic rings. The predicted octanol–water partition coefficient (Wildman–Crippen LogP) is 2.19. The van der Waals surface area contributed by atoms with Crippen LogP contribution in [0.3, 0.4) is 0 Å². The summed E-state index contributed by atoms with van der Waals surface area (Å²) in [6, 6.07) is 11.9. The number of carbonyl (C=O) groups excluding carboxylic acids is 6. The standard InChI is InChI=1S/C40H42ClN11O10S.2C2HF3O2/c1-19(49-35(55)29(44)11-31(46)53)39(57)61-17-26(62-40(58)20(2)50-36(56)30(45)12-32(47)54)16-59-25-9-5-21(6-10-25)33-27(13-42)34(48)52-38(28(33)14-43)63-18-24-15-60-37(51-24)22-3-7-23(41)8-4-22;2*3-2(4,5)1(6)7/h3-10,15,19-20,26,29-30H,11-12,16-18,44-45H2,1-2H3,(H2,46,53)(H2,47,54)(H2,48,52)(H,49,55)(H,50,56);2*(H,6,7)/t19-,20?,26-,29-,30-;;/m0../s1. The van der Waals surface area contributed by atoms with E-state index in [-0.39, 0.29) is 39.0 Å². The van der Waals surface area contributed by atoms with Gasteiger partial charge in [-0.25, -0.2) is 29.1 Å². The molecule has 33 heteroatoms. The number of nitrogens with zero attached hydrogens (tertiary/aromatic N) is 4. The molecule has 2 heterocycles. The Morgan fingerprint density at radius 2 is 1.22 bits per heavy atom. The number of nitrogens with one attached hydrogen (secondary N) is 2.